The topological polar surface area (TPSA) is 91.5 Å². The average molecular weight is 357 g/mol. The lowest BCUT2D eigenvalue weighted by Crippen LogP contribution is -2.51. The van der Waals surface area contributed by atoms with Crippen LogP contribution in [0.25, 0.3) is 0 Å². The van der Waals surface area contributed by atoms with Crippen molar-refractivity contribution >= 4 is 30.0 Å². The second-order valence-electron chi connectivity index (χ2n) is 5.75. The number of carbonyl (C=O) groups excluding carboxylic acids is 2. The number of carbonyl (C=O) groups is 2. The highest BCUT2D eigenvalue weighted by Gasteiger charge is 2.20. The highest BCUT2D eigenvalue weighted by Crippen LogP contribution is 2.09. The zero-order valence-electron chi connectivity index (χ0n) is 13.9. The summed E-state index contributed by atoms with van der Waals surface area (Å²) in [4.78, 5) is 23.6. The van der Waals surface area contributed by atoms with Gasteiger partial charge in [0.25, 0.3) is 0 Å². The maximum absolute atomic E-state index is 12.0. The standard InChI is InChI=1S/C16H24N4O3.ClH/c1-11(2)19-16(22)20-13-5-3-12(4-6-13)9-18-15(21)14-10-23-8-7-17-14;/h3-6,11,14,17H,7-10H2,1-2H3,(H,18,21)(H2,19,20,22);1H. The number of ether oxygens (including phenoxy) is 1. The Labute approximate surface area is 148 Å². The third kappa shape index (κ3) is 6.74. The first-order valence-corrected chi connectivity index (χ1v) is 7.80. The number of anilines is 1. The second kappa shape index (κ2) is 10.1. The van der Waals surface area contributed by atoms with Gasteiger partial charge in [-0.05, 0) is 31.5 Å². The lowest BCUT2D eigenvalue weighted by atomic mass is 10.2. The van der Waals surface area contributed by atoms with Crippen molar-refractivity contribution in [3.63, 3.8) is 0 Å². The Bertz CT molecular complexity index is 531. The number of urea groups is 1. The van der Waals surface area contributed by atoms with E-state index in [9.17, 15) is 9.59 Å². The van der Waals surface area contributed by atoms with Gasteiger partial charge in [0.1, 0.15) is 6.04 Å². The summed E-state index contributed by atoms with van der Waals surface area (Å²) in [5, 5.41) is 11.5. The van der Waals surface area contributed by atoms with E-state index < -0.39 is 0 Å². The summed E-state index contributed by atoms with van der Waals surface area (Å²) in [5.41, 5.74) is 1.67. The molecule has 7 nitrogen and oxygen atoms in total. The van der Waals surface area contributed by atoms with Gasteiger partial charge in [0.05, 0.1) is 13.2 Å². The van der Waals surface area contributed by atoms with Crippen LogP contribution >= 0.6 is 12.4 Å². The summed E-state index contributed by atoms with van der Waals surface area (Å²) in [6.45, 7) is 5.98. The van der Waals surface area contributed by atoms with E-state index in [2.05, 4.69) is 21.3 Å². The monoisotopic (exact) mass is 356 g/mol. The van der Waals surface area contributed by atoms with Crippen LogP contribution in [-0.4, -0.2) is 43.8 Å². The van der Waals surface area contributed by atoms with E-state index in [0.29, 0.717) is 32.0 Å². The maximum Gasteiger partial charge on any atom is 0.319 e. The Balaban J connectivity index is 0.00000288. The molecule has 1 aliphatic rings. The van der Waals surface area contributed by atoms with Crippen LogP contribution in [0, 0.1) is 0 Å². The van der Waals surface area contributed by atoms with Crippen LogP contribution in [0.2, 0.25) is 0 Å². The second-order valence-corrected chi connectivity index (χ2v) is 5.75. The Kier molecular flexibility index (Phi) is 8.53. The zero-order chi connectivity index (χ0) is 16.7. The van der Waals surface area contributed by atoms with Gasteiger partial charge in [0.2, 0.25) is 5.91 Å². The van der Waals surface area contributed by atoms with Gasteiger partial charge in [-0.25, -0.2) is 4.79 Å². The summed E-state index contributed by atoms with van der Waals surface area (Å²) < 4.78 is 5.27. The maximum atomic E-state index is 12.0. The smallest absolute Gasteiger partial charge is 0.319 e. The first-order valence-electron chi connectivity index (χ1n) is 7.80. The number of halogens is 1. The fraction of sp³-hybridized carbons (Fsp3) is 0.500. The third-order valence-electron chi connectivity index (χ3n) is 3.34. The molecule has 0 aromatic heterocycles. The number of nitrogens with one attached hydrogen (secondary N) is 4. The molecule has 8 heteroatoms. The largest absolute Gasteiger partial charge is 0.378 e. The van der Waals surface area contributed by atoms with E-state index in [1.165, 1.54) is 0 Å². The van der Waals surface area contributed by atoms with Gasteiger partial charge in [0.15, 0.2) is 0 Å². The molecule has 1 heterocycles. The number of rotatable bonds is 5. The van der Waals surface area contributed by atoms with E-state index in [0.717, 1.165) is 5.56 Å². The fourth-order valence-corrected chi connectivity index (χ4v) is 2.18. The summed E-state index contributed by atoms with van der Waals surface area (Å²) in [6.07, 6.45) is 0. The Morgan fingerprint density at radius 1 is 1.29 bits per heavy atom. The number of amides is 3. The summed E-state index contributed by atoms with van der Waals surface area (Å²) >= 11 is 0. The Morgan fingerprint density at radius 3 is 2.58 bits per heavy atom. The SMILES string of the molecule is CC(C)NC(=O)Nc1ccc(CNC(=O)C2COCCN2)cc1.Cl. The van der Waals surface area contributed by atoms with Crippen LogP contribution < -0.4 is 21.3 Å². The molecule has 0 saturated carbocycles. The van der Waals surface area contributed by atoms with Gasteiger partial charge < -0.3 is 26.0 Å². The fourth-order valence-electron chi connectivity index (χ4n) is 2.18. The van der Waals surface area contributed by atoms with Crippen molar-refractivity contribution in [1.29, 1.82) is 0 Å². The van der Waals surface area contributed by atoms with Crippen LogP contribution in [0.4, 0.5) is 10.5 Å². The molecular formula is C16H25ClN4O3. The van der Waals surface area contributed by atoms with E-state index >= 15 is 0 Å². The van der Waals surface area contributed by atoms with E-state index in [1.54, 1.807) is 0 Å². The molecule has 0 bridgehead atoms. The van der Waals surface area contributed by atoms with Crippen molar-refractivity contribution in [3.05, 3.63) is 29.8 Å². The normalized spacial score (nSPS) is 16.9. The molecule has 4 N–H and O–H groups in total. The first kappa shape index (κ1) is 20.2. The van der Waals surface area contributed by atoms with Crippen molar-refractivity contribution in [2.24, 2.45) is 0 Å². The predicted molar refractivity (Wildman–Crippen MR) is 95.4 cm³/mol. The predicted octanol–water partition coefficient (Wildman–Crippen LogP) is 1.24. The molecule has 134 valence electrons. The molecular weight excluding hydrogens is 332 g/mol. The number of hydrogen-bond acceptors (Lipinski definition) is 4. The van der Waals surface area contributed by atoms with E-state index in [-0.39, 0.29) is 36.4 Å². The van der Waals surface area contributed by atoms with Crippen molar-refractivity contribution < 1.29 is 14.3 Å². The average Bonchev–Trinajstić information content (AvgIpc) is 2.54. The molecule has 1 saturated heterocycles. The van der Waals surface area contributed by atoms with E-state index in [1.807, 2.05) is 38.1 Å². The quantitative estimate of drug-likeness (QED) is 0.639. The molecule has 24 heavy (non-hydrogen) atoms. The molecule has 2 rings (SSSR count). The van der Waals surface area contributed by atoms with Gasteiger partial charge in [-0.15, -0.1) is 12.4 Å². The van der Waals surface area contributed by atoms with Crippen LogP contribution in [0.1, 0.15) is 19.4 Å². The van der Waals surface area contributed by atoms with E-state index in [4.69, 9.17) is 4.74 Å². The van der Waals surface area contributed by atoms with Crippen molar-refractivity contribution in [3.8, 4) is 0 Å². The number of morpholine rings is 1. The molecule has 1 unspecified atom stereocenters. The van der Waals surface area contributed by atoms with Crippen LogP contribution in [0.15, 0.2) is 24.3 Å². The van der Waals surface area contributed by atoms with Gasteiger partial charge >= 0.3 is 6.03 Å². The summed E-state index contributed by atoms with van der Waals surface area (Å²) in [7, 11) is 0. The lowest BCUT2D eigenvalue weighted by molar-refractivity contribution is -0.126. The third-order valence-corrected chi connectivity index (χ3v) is 3.34. The van der Waals surface area contributed by atoms with Gasteiger partial charge in [-0.2, -0.15) is 0 Å². The molecule has 0 radical (unpaired) electrons. The molecule has 3 amide bonds. The van der Waals surface area contributed by atoms with Crippen molar-refractivity contribution in [1.82, 2.24) is 16.0 Å². The highest BCUT2D eigenvalue weighted by molar-refractivity contribution is 5.89. The minimum atomic E-state index is -0.288. The van der Waals surface area contributed by atoms with Crippen molar-refractivity contribution in [2.75, 3.05) is 25.1 Å². The van der Waals surface area contributed by atoms with Crippen LogP contribution in [0.3, 0.4) is 0 Å². The van der Waals surface area contributed by atoms with Crippen LogP contribution in [-0.2, 0) is 16.1 Å². The van der Waals surface area contributed by atoms with Gasteiger partial charge in [0, 0.05) is 24.8 Å². The minimum absolute atomic E-state index is 0. The summed E-state index contributed by atoms with van der Waals surface area (Å²) in [6, 6.07) is 6.93. The Morgan fingerprint density at radius 2 is 2.00 bits per heavy atom. The summed E-state index contributed by atoms with van der Waals surface area (Å²) in [5.74, 6) is -0.0665. The van der Waals surface area contributed by atoms with Crippen molar-refractivity contribution in [2.45, 2.75) is 32.5 Å². The van der Waals surface area contributed by atoms with Crippen LogP contribution in [0.5, 0.6) is 0 Å². The number of benzene rings is 1. The molecule has 0 aliphatic carbocycles. The Hall–Kier alpha value is -1.83. The zero-order valence-corrected chi connectivity index (χ0v) is 14.7. The first-order chi connectivity index (χ1) is 11.0. The molecule has 1 aromatic carbocycles. The molecule has 1 aliphatic heterocycles. The van der Waals surface area contributed by atoms with Gasteiger partial charge in [-0.3, -0.25) is 4.79 Å². The number of hydrogen-bond donors (Lipinski definition) is 4. The molecule has 1 atom stereocenters. The molecule has 1 aromatic rings. The minimum Gasteiger partial charge on any atom is -0.378 e. The lowest BCUT2D eigenvalue weighted by Gasteiger charge is -2.22. The highest BCUT2D eigenvalue weighted by atomic mass is 35.5. The van der Waals surface area contributed by atoms with Gasteiger partial charge in [-0.1, -0.05) is 12.1 Å². The molecule has 0 spiro atoms. The molecule has 1 fully saturated rings.